The van der Waals surface area contributed by atoms with E-state index in [1.807, 2.05) is 48.5 Å². The van der Waals surface area contributed by atoms with Crippen molar-refractivity contribution in [3.8, 4) is 0 Å². The first-order chi connectivity index (χ1) is 11.7. The summed E-state index contributed by atoms with van der Waals surface area (Å²) in [5, 5.41) is 7.43. The van der Waals surface area contributed by atoms with Crippen LogP contribution in [0.15, 0.2) is 58.3 Å². The quantitative estimate of drug-likeness (QED) is 0.868. The highest BCUT2D eigenvalue weighted by atomic mass is 35.5. The molecule has 3 nitrogen and oxygen atoms in total. The minimum Gasteiger partial charge on any atom is -0.349 e. The van der Waals surface area contributed by atoms with Gasteiger partial charge in [0.1, 0.15) is 0 Å². The Hall–Kier alpha value is -1.49. The van der Waals surface area contributed by atoms with Crippen LogP contribution in [0, 0.1) is 5.92 Å². The van der Waals surface area contributed by atoms with Gasteiger partial charge in [-0.05, 0) is 43.0 Å². The predicted octanol–water partition coefficient (Wildman–Crippen LogP) is 3.97. The number of fused-ring (bicyclic) bond motifs is 2. The smallest absolute Gasteiger partial charge is 0.252 e. The molecular formula is C19H19ClN2OS. The van der Waals surface area contributed by atoms with E-state index in [9.17, 15) is 4.79 Å². The van der Waals surface area contributed by atoms with E-state index in [0.29, 0.717) is 23.0 Å². The van der Waals surface area contributed by atoms with E-state index in [4.69, 9.17) is 11.6 Å². The number of carbonyl (C=O) groups is 1. The molecular weight excluding hydrogens is 340 g/mol. The molecule has 2 bridgehead atoms. The van der Waals surface area contributed by atoms with E-state index in [1.165, 1.54) is 18.2 Å². The minimum atomic E-state index is 0.0164. The number of carbonyl (C=O) groups excluding carboxylic acids is 1. The number of halogens is 1. The van der Waals surface area contributed by atoms with Crippen LogP contribution in [0.25, 0.3) is 0 Å². The molecule has 0 aromatic heterocycles. The van der Waals surface area contributed by atoms with Crippen molar-refractivity contribution >= 4 is 29.3 Å². The van der Waals surface area contributed by atoms with Gasteiger partial charge in [0.25, 0.3) is 5.91 Å². The molecule has 2 N–H and O–H groups in total. The Bertz CT molecular complexity index is 767. The van der Waals surface area contributed by atoms with Crippen LogP contribution in [-0.2, 0) is 0 Å². The van der Waals surface area contributed by atoms with Gasteiger partial charge in [-0.25, -0.2) is 0 Å². The van der Waals surface area contributed by atoms with Gasteiger partial charge in [-0.2, -0.15) is 0 Å². The third kappa shape index (κ3) is 3.18. The van der Waals surface area contributed by atoms with Gasteiger partial charge in [-0.3, -0.25) is 4.79 Å². The molecule has 24 heavy (non-hydrogen) atoms. The van der Waals surface area contributed by atoms with Gasteiger partial charge in [0.15, 0.2) is 0 Å². The molecule has 3 atom stereocenters. The maximum Gasteiger partial charge on any atom is 0.252 e. The molecule has 1 aliphatic carbocycles. The zero-order valence-electron chi connectivity index (χ0n) is 13.2. The summed E-state index contributed by atoms with van der Waals surface area (Å²) >= 11 is 7.80. The van der Waals surface area contributed by atoms with Crippen molar-refractivity contribution < 1.29 is 4.79 Å². The minimum absolute atomic E-state index is 0.0164. The van der Waals surface area contributed by atoms with Crippen LogP contribution in [0.5, 0.6) is 0 Å². The van der Waals surface area contributed by atoms with Crippen LogP contribution in [0.1, 0.15) is 23.2 Å². The molecule has 5 heteroatoms. The van der Waals surface area contributed by atoms with E-state index in [-0.39, 0.29) is 5.91 Å². The highest BCUT2D eigenvalue weighted by Crippen LogP contribution is 2.36. The van der Waals surface area contributed by atoms with Gasteiger partial charge in [0, 0.05) is 28.4 Å². The monoisotopic (exact) mass is 358 g/mol. The fourth-order valence-electron chi connectivity index (χ4n) is 3.65. The Labute approximate surface area is 151 Å². The van der Waals surface area contributed by atoms with Crippen LogP contribution in [-0.4, -0.2) is 24.5 Å². The fourth-order valence-corrected chi connectivity index (χ4v) is 4.87. The second-order valence-corrected chi connectivity index (χ2v) is 7.94. The first-order valence-electron chi connectivity index (χ1n) is 8.26. The predicted molar refractivity (Wildman–Crippen MR) is 97.8 cm³/mol. The van der Waals surface area contributed by atoms with Crippen LogP contribution >= 0.6 is 23.4 Å². The molecule has 3 unspecified atom stereocenters. The summed E-state index contributed by atoms with van der Waals surface area (Å²) in [6.45, 7) is 1.02. The summed E-state index contributed by atoms with van der Waals surface area (Å²) in [6, 6.07) is 16.3. The molecule has 1 amide bonds. The number of hydrogen-bond donors (Lipinski definition) is 2. The maximum atomic E-state index is 12.8. The van der Waals surface area contributed by atoms with E-state index in [2.05, 4.69) is 10.6 Å². The molecule has 0 spiro atoms. The Morgan fingerprint density at radius 3 is 2.54 bits per heavy atom. The molecule has 1 saturated carbocycles. The van der Waals surface area contributed by atoms with E-state index >= 15 is 0 Å². The van der Waals surface area contributed by atoms with Crippen molar-refractivity contribution in [3.05, 3.63) is 59.1 Å². The van der Waals surface area contributed by atoms with Crippen molar-refractivity contribution in [2.75, 3.05) is 6.54 Å². The summed E-state index contributed by atoms with van der Waals surface area (Å²) in [4.78, 5) is 14.7. The largest absolute Gasteiger partial charge is 0.349 e. The van der Waals surface area contributed by atoms with Crippen molar-refractivity contribution in [2.24, 2.45) is 5.92 Å². The lowest BCUT2D eigenvalue weighted by Crippen LogP contribution is -2.44. The SMILES string of the molecule is O=C(NC1CC2CC1CN2)c1ccccc1Sc1ccccc1Cl. The number of hydrogen-bond acceptors (Lipinski definition) is 3. The number of benzene rings is 2. The van der Waals surface area contributed by atoms with E-state index in [0.717, 1.165) is 28.3 Å². The third-order valence-corrected chi connectivity index (χ3v) is 6.46. The van der Waals surface area contributed by atoms with Crippen molar-refractivity contribution in [1.29, 1.82) is 0 Å². The average molecular weight is 359 g/mol. The molecule has 2 aromatic carbocycles. The topological polar surface area (TPSA) is 41.1 Å². The fraction of sp³-hybridized carbons (Fsp3) is 0.316. The zero-order valence-corrected chi connectivity index (χ0v) is 14.7. The first-order valence-corrected chi connectivity index (χ1v) is 9.46. The molecule has 124 valence electrons. The Morgan fingerprint density at radius 2 is 1.83 bits per heavy atom. The number of amides is 1. The van der Waals surface area contributed by atoms with Crippen molar-refractivity contribution in [3.63, 3.8) is 0 Å². The van der Waals surface area contributed by atoms with Crippen LogP contribution < -0.4 is 10.6 Å². The van der Waals surface area contributed by atoms with Gasteiger partial charge in [0.2, 0.25) is 0 Å². The number of rotatable bonds is 4. The summed E-state index contributed by atoms with van der Waals surface area (Å²) in [6.07, 6.45) is 2.22. The highest BCUT2D eigenvalue weighted by Gasteiger charge is 2.40. The van der Waals surface area contributed by atoms with Gasteiger partial charge in [0.05, 0.1) is 10.6 Å². The standard InChI is InChI=1S/C19H19ClN2OS/c20-15-6-2-4-8-18(15)24-17-7-3-1-5-14(17)19(23)22-16-10-13-9-12(16)11-21-13/h1-8,12-13,16,21H,9-11H2,(H,22,23). The lowest BCUT2D eigenvalue weighted by molar-refractivity contribution is 0.0922. The molecule has 4 rings (SSSR count). The van der Waals surface area contributed by atoms with Crippen LogP contribution in [0.2, 0.25) is 5.02 Å². The lowest BCUT2D eigenvalue weighted by Gasteiger charge is -2.24. The van der Waals surface area contributed by atoms with E-state index in [1.54, 1.807) is 0 Å². The van der Waals surface area contributed by atoms with Crippen molar-refractivity contribution in [2.45, 2.75) is 34.7 Å². The van der Waals surface area contributed by atoms with E-state index < -0.39 is 0 Å². The van der Waals surface area contributed by atoms with Gasteiger partial charge in [-0.15, -0.1) is 0 Å². The number of nitrogens with one attached hydrogen (secondary N) is 2. The van der Waals surface area contributed by atoms with Gasteiger partial charge >= 0.3 is 0 Å². The van der Waals surface area contributed by atoms with Crippen molar-refractivity contribution in [1.82, 2.24) is 10.6 Å². The first kappa shape index (κ1) is 16.0. The highest BCUT2D eigenvalue weighted by molar-refractivity contribution is 7.99. The normalized spacial score (nSPS) is 25.0. The Morgan fingerprint density at radius 1 is 1.08 bits per heavy atom. The van der Waals surface area contributed by atoms with Crippen LogP contribution in [0.3, 0.4) is 0 Å². The molecule has 2 aromatic rings. The summed E-state index contributed by atoms with van der Waals surface area (Å²) in [7, 11) is 0. The molecule has 1 aliphatic heterocycles. The Balaban J connectivity index is 1.53. The molecule has 2 aliphatic rings. The molecule has 1 heterocycles. The molecule has 0 radical (unpaired) electrons. The molecule has 1 saturated heterocycles. The summed E-state index contributed by atoms with van der Waals surface area (Å²) in [5.41, 5.74) is 0.721. The summed E-state index contributed by atoms with van der Waals surface area (Å²) in [5.74, 6) is 0.588. The maximum absolute atomic E-state index is 12.8. The number of piperidine rings is 1. The van der Waals surface area contributed by atoms with Gasteiger partial charge in [-0.1, -0.05) is 47.6 Å². The average Bonchev–Trinajstić information content (AvgIpc) is 3.20. The van der Waals surface area contributed by atoms with Crippen LogP contribution in [0.4, 0.5) is 0 Å². The molecule has 2 fully saturated rings. The zero-order chi connectivity index (χ0) is 16.5. The lowest BCUT2D eigenvalue weighted by atomic mass is 10.0. The second kappa shape index (κ2) is 6.79. The van der Waals surface area contributed by atoms with Gasteiger partial charge < -0.3 is 10.6 Å². The Kier molecular flexibility index (Phi) is 4.53. The third-order valence-electron chi connectivity index (χ3n) is 4.87. The second-order valence-electron chi connectivity index (χ2n) is 6.45. The summed E-state index contributed by atoms with van der Waals surface area (Å²) < 4.78 is 0.